The van der Waals surface area contributed by atoms with Crippen molar-refractivity contribution in [3.8, 4) is 33.4 Å². The number of rotatable bonds is 4. The van der Waals surface area contributed by atoms with Gasteiger partial charge in [0.15, 0.2) is 0 Å². The van der Waals surface area contributed by atoms with Gasteiger partial charge in [0.25, 0.3) is 0 Å². The van der Waals surface area contributed by atoms with Crippen LogP contribution in [0.15, 0.2) is 133 Å². The number of halogens is 1. The Kier molecular flexibility index (Phi) is 6.71. The number of hydrogen-bond acceptors (Lipinski definition) is 1. The van der Waals surface area contributed by atoms with Gasteiger partial charge in [-0.2, -0.15) is 0 Å². The van der Waals surface area contributed by atoms with Crippen molar-refractivity contribution in [1.82, 2.24) is 0 Å². The molecule has 13 rings (SSSR count). The number of nitrogens with zero attached hydrogens (tertiary/aromatic N) is 1. The average Bonchev–Trinajstić information content (AvgIpc) is 3.65. The van der Waals surface area contributed by atoms with Crippen molar-refractivity contribution in [3.63, 3.8) is 0 Å². The molecule has 6 aromatic rings. The summed E-state index contributed by atoms with van der Waals surface area (Å²) in [6, 6.07) is 49.2. The molecule has 0 aromatic heterocycles. The van der Waals surface area contributed by atoms with E-state index in [9.17, 15) is 4.39 Å². The van der Waals surface area contributed by atoms with Crippen LogP contribution in [0, 0.1) is 29.5 Å². The summed E-state index contributed by atoms with van der Waals surface area (Å²) in [6.45, 7) is 0. The van der Waals surface area contributed by atoms with Crippen LogP contribution in [0.2, 0.25) is 0 Å². The van der Waals surface area contributed by atoms with Gasteiger partial charge in [-0.3, -0.25) is 0 Å². The fourth-order valence-electron chi connectivity index (χ4n) is 13.5. The lowest BCUT2D eigenvalue weighted by Gasteiger charge is -2.61. The first kappa shape index (κ1) is 31.4. The van der Waals surface area contributed by atoms with E-state index in [2.05, 4.69) is 114 Å². The van der Waals surface area contributed by atoms with Gasteiger partial charge in [-0.25, -0.2) is 4.39 Å². The molecule has 0 aliphatic heterocycles. The topological polar surface area (TPSA) is 3.24 Å². The zero-order valence-corrected chi connectivity index (χ0v) is 30.9. The van der Waals surface area contributed by atoms with Crippen LogP contribution in [0.1, 0.15) is 86.5 Å². The smallest absolute Gasteiger partial charge is 0.123 e. The highest BCUT2D eigenvalue weighted by molar-refractivity contribution is 5.96. The Hall–Kier alpha value is -4.95. The number of fused-ring (bicyclic) bond motifs is 8. The van der Waals surface area contributed by atoms with Crippen LogP contribution in [0.5, 0.6) is 0 Å². The van der Waals surface area contributed by atoms with Crippen molar-refractivity contribution < 1.29 is 4.39 Å². The van der Waals surface area contributed by atoms with E-state index in [4.69, 9.17) is 0 Å². The summed E-state index contributed by atoms with van der Waals surface area (Å²) >= 11 is 0. The molecule has 2 heteroatoms. The van der Waals surface area contributed by atoms with Crippen LogP contribution in [0.4, 0.5) is 21.5 Å². The van der Waals surface area contributed by atoms with E-state index in [0.29, 0.717) is 0 Å². The molecule has 6 aromatic carbocycles. The zero-order chi connectivity index (χ0) is 35.6. The van der Waals surface area contributed by atoms with E-state index >= 15 is 0 Å². The molecular formula is C52H46FN. The molecule has 0 unspecified atom stereocenters. The van der Waals surface area contributed by atoms with Gasteiger partial charge in [0, 0.05) is 27.8 Å². The quantitative estimate of drug-likeness (QED) is 0.177. The van der Waals surface area contributed by atoms with Crippen molar-refractivity contribution in [3.05, 3.63) is 162 Å². The largest absolute Gasteiger partial charge is 0.310 e. The molecule has 0 atom stereocenters. The molecule has 5 saturated carbocycles. The Balaban J connectivity index is 1.08. The Morgan fingerprint density at radius 3 is 1.89 bits per heavy atom. The molecule has 0 amide bonds. The van der Waals surface area contributed by atoms with Gasteiger partial charge in [0.05, 0.1) is 5.69 Å². The second kappa shape index (κ2) is 11.5. The summed E-state index contributed by atoms with van der Waals surface area (Å²) in [5, 5.41) is 0. The number of anilines is 3. The lowest BCUT2D eigenvalue weighted by atomic mass is 9.43. The van der Waals surface area contributed by atoms with Crippen molar-refractivity contribution in [2.45, 2.75) is 75.0 Å². The first-order chi connectivity index (χ1) is 26.6. The minimum absolute atomic E-state index is 0.0722. The summed E-state index contributed by atoms with van der Waals surface area (Å²) in [5.74, 6) is 3.05. The minimum atomic E-state index is -0.203. The molecular weight excluding hydrogens is 658 g/mol. The average molecular weight is 704 g/mol. The SMILES string of the molecule is Fc1cccc(-c2ccc(N(c3ccc4c(c3)C3(CCCCC3)c3ccccc3-4)c3cccc4c3-c3ccccc3[C@]43[C@@H]4CC5C[C@@H](C4)C[C@@H]3C5)cc2)c1. The Morgan fingerprint density at radius 1 is 0.481 bits per heavy atom. The predicted molar refractivity (Wildman–Crippen MR) is 219 cm³/mol. The lowest BCUT2D eigenvalue weighted by molar-refractivity contribution is -0.0399. The van der Waals surface area contributed by atoms with Gasteiger partial charge in [-0.15, -0.1) is 0 Å². The molecule has 0 N–H and O–H groups in total. The van der Waals surface area contributed by atoms with Gasteiger partial charge < -0.3 is 4.90 Å². The molecule has 2 spiro atoms. The van der Waals surface area contributed by atoms with E-state index in [-0.39, 0.29) is 16.6 Å². The second-order valence-corrected chi connectivity index (χ2v) is 17.7. The third kappa shape index (κ3) is 4.20. The summed E-state index contributed by atoms with van der Waals surface area (Å²) < 4.78 is 14.4. The Labute approximate surface area is 318 Å². The summed E-state index contributed by atoms with van der Waals surface area (Å²) in [4.78, 5) is 2.57. The van der Waals surface area contributed by atoms with Gasteiger partial charge in [0.2, 0.25) is 0 Å². The van der Waals surface area contributed by atoms with Crippen LogP contribution >= 0.6 is 0 Å². The summed E-state index contributed by atoms with van der Waals surface area (Å²) in [7, 11) is 0. The molecule has 0 radical (unpaired) electrons. The van der Waals surface area contributed by atoms with E-state index in [1.54, 1.807) is 23.3 Å². The predicted octanol–water partition coefficient (Wildman–Crippen LogP) is 13.9. The fraction of sp³-hybridized carbons (Fsp3) is 0.308. The van der Waals surface area contributed by atoms with E-state index in [1.165, 1.54) is 115 Å². The fourth-order valence-corrected chi connectivity index (χ4v) is 13.5. The van der Waals surface area contributed by atoms with Gasteiger partial charge in [0.1, 0.15) is 5.82 Å². The van der Waals surface area contributed by atoms with Crippen molar-refractivity contribution in [2.75, 3.05) is 4.90 Å². The third-order valence-electron chi connectivity index (χ3n) is 15.3. The van der Waals surface area contributed by atoms with Crippen LogP contribution in [-0.4, -0.2) is 0 Å². The maximum absolute atomic E-state index is 14.4. The van der Waals surface area contributed by atoms with Gasteiger partial charge in [-0.1, -0.05) is 110 Å². The maximum Gasteiger partial charge on any atom is 0.123 e. The van der Waals surface area contributed by atoms with Crippen LogP contribution < -0.4 is 4.90 Å². The molecule has 5 fully saturated rings. The first-order valence-electron chi connectivity index (χ1n) is 20.8. The minimum Gasteiger partial charge on any atom is -0.310 e. The molecule has 54 heavy (non-hydrogen) atoms. The molecule has 1 nitrogen and oxygen atoms in total. The zero-order valence-electron chi connectivity index (χ0n) is 30.9. The maximum atomic E-state index is 14.4. The molecule has 0 heterocycles. The Bertz CT molecular complexity index is 2440. The van der Waals surface area contributed by atoms with E-state index in [0.717, 1.165) is 40.5 Å². The molecule has 0 saturated heterocycles. The lowest BCUT2D eigenvalue weighted by Crippen LogP contribution is -2.55. The highest BCUT2D eigenvalue weighted by Gasteiger charge is 2.62. The highest BCUT2D eigenvalue weighted by Crippen LogP contribution is 2.70. The number of benzene rings is 6. The van der Waals surface area contributed by atoms with Gasteiger partial charge >= 0.3 is 0 Å². The summed E-state index contributed by atoms with van der Waals surface area (Å²) in [5.41, 5.74) is 17.7. The van der Waals surface area contributed by atoms with Crippen molar-refractivity contribution in [1.29, 1.82) is 0 Å². The van der Waals surface area contributed by atoms with Crippen LogP contribution in [0.25, 0.3) is 33.4 Å². The highest BCUT2D eigenvalue weighted by atomic mass is 19.1. The van der Waals surface area contributed by atoms with E-state index < -0.39 is 0 Å². The standard InChI is InChI=1S/C52H46FN/c53-39-11-8-10-36(31-39)35-18-20-40(21-19-35)54(41-22-23-43-42-12-2-4-14-45(42)51(48(43)32-41)24-6-1-7-25-51)49-17-9-16-47-50(49)44-13-3-5-15-46(44)52(47)37-27-33-26-34(29-37)30-38(52)28-33/h2-5,8-23,31-34,37-38H,1,6-7,24-30H2/t33-,34?,37-,38+,52+. The van der Waals surface area contributed by atoms with Gasteiger partial charge in [-0.05, 0) is 161 Å². The Morgan fingerprint density at radius 2 is 1.13 bits per heavy atom. The first-order valence-corrected chi connectivity index (χ1v) is 20.8. The molecule has 266 valence electrons. The third-order valence-corrected chi connectivity index (χ3v) is 15.3. The van der Waals surface area contributed by atoms with E-state index in [1.807, 2.05) is 6.07 Å². The normalized spacial score (nSPS) is 26.1. The van der Waals surface area contributed by atoms with Crippen molar-refractivity contribution >= 4 is 17.1 Å². The molecule has 7 aliphatic carbocycles. The second-order valence-electron chi connectivity index (χ2n) is 17.7. The number of hydrogen-bond donors (Lipinski definition) is 0. The molecule has 7 aliphatic rings. The van der Waals surface area contributed by atoms with Crippen LogP contribution in [0.3, 0.4) is 0 Å². The molecule has 4 bridgehead atoms. The van der Waals surface area contributed by atoms with Crippen molar-refractivity contribution in [2.24, 2.45) is 23.7 Å². The summed E-state index contributed by atoms with van der Waals surface area (Å²) in [6.07, 6.45) is 13.3. The van der Waals surface area contributed by atoms with Crippen LogP contribution in [-0.2, 0) is 10.8 Å². The monoisotopic (exact) mass is 703 g/mol.